The molecule has 0 heterocycles. The maximum absolute atomic E-state index is 8.21. The smallest absolute Gasteiger partial charge is 0.0466 e. The zero-order valence-corrected chi connectivity index (χ0v) is 12.5. The third-order valence-electron chi connectivity index (χ3n) is 2.60. The molecule has 0 spiro atoms. The van der Waals surface area contributed by atoms with E-state index in [1.165, 1.54) is 38.5 Å². The Morgan fingerprint density at radius 2 is 1.11 bits per heavy atom. The van der Waals surface area contributed by atoms with Crippen LogP contribution in [0.1, 0.15) is 71.6 Å². The first-order chi connectivity index (χ1) is 8.83. The Hall–Kier alpha value is -0.120. The predicted molar refractivity (Wildman–Crippen MR) is 77.9 cm³/mol. The molecule has 0 aliphatic rings. The van der Waals surface area contributed by atoms with Crippen LogP contribution in [0.5, 0.6) is 0 Å². The molecule has 0 aromatic heterocycles. The second-order valence-corrected chi connectivity index (χ2v) is 4.53. The summed E-state index contributed by atoms with van der Waals surface area (Å²) in [6.45, 7) is 6.86. The van der Waals surface area contributed by atoms with Gasteiger partial charge in [-0.2, -0.15) is 0 Å². The fourth-order valence-corrected chi connectivity index (χ4v) is 1.38. The van der Waals surface area contributed by atoms with Crippen molar-refractivity contribution in [2.75, 3.05) is 26.4 Å². The molecule has 0 aliphatic carbocycles. The van der Waals surface area contributed by atoms with Gasteiger partial charge in [0.2, 0.25) is 0 Å². The molecule has 112 valence electrons. The molecule has 0 saturated heterocycles. The van der Waals surface area contributed by atoms with Gasteiger partial charge in [-0.3, -0.25) is 0 Å². The van der Waals surface area contributed by atoms with E-state index in [0.717, 1.165) is 32.5 Å². The van der Waals surface area contributed by atoms with Crippen LogP contribution in [0, 0.1) is 0 Å². The molecule has 3 nitrogen and oxygen atoms in total. The molecule has 0 aromatic carbocycles. The number of hydrogen-bond acceptors (Lipinski definition) is 3. The highest BCUT2D eigenvalue weighted by Gasteiger charge is 1.88. The van der Waals surface area contributed by atoms with Crippen LogP contribution in [0.15, 0.2) is 0 Å². The van der Waals surface area contributed by atoms with Crippen LogP contribution in [0.4, 0.5) is 0 Å². The van der Waals surface area contributed by atoms with Crippen LogP contribution in [0.2, 0.25) is 0 Å². The molecule has 0 saturated carbocycles. The molecule has 0 rings (SSSR count). The van der Waals surface area contributed by atoms with E-state index in [1.54, 1.807) is 0 Å². The summed E-state index contributed by atoms with van der Waals surface area (Å²) < 4.78 is 5.42. The van der Waals surface area contributed by atoms with E-state index in [0.29, 0.717) is 0 Å². The summed E-state index contributed by atoms with van der Waals surface area (Å²) in [6, 6.07) is 0. The van der Waals surface area contributed by atoms with Crippen molar-refractivity contribution in [1.29, 1.82) is 0 Å². The van der Waals surface area contributed by atoms with Crippen LogP contribution in [-0.2, 0) is 4.74 Å². The average Bonchev–Trinajstić information content (AvgIpc) is 2.39. The molecule has 3 heteroatoms. The number of ether oxygens (including phenoxy) is 1. The summed E-state index contributed by atoms with van der Waals surface area (Å²) in [4.78, 5) is 0. The van der Waals surface area contributed by atoms with Gasteiger partial charge in [-0.1, -0.05) is 39.5 Å². The van der Waals surface area contributed by atoms with Gasteiger partial charge in [-0.25, -0.2) is 0 Å². The summed E-state index contributed by atoms with van der Waals surface area (Å²) in [5.41, 5.74) is 0. The van der Waals surface area contributed by atoms with Crippen molar-refractivity contribution in [2.45, 2.75) is 71.6 Å². The molecular weight excluding hydrogens is 228 g/mol. The molecule has 0 aliphatic heterocycles. The molecule has 0 amide bonds. The van der Waals surface area contributed by atoms with E-state index in [-0.39, 0.29) is 13.2 Å². The predicted octanol–water partition coefficient (Wildman–Crippen LogP) is 3.52. The van der Waals surface area contributed by atoms with Crippen molar-refractivity contribution in [1.82, 2.24) is 0 Å². The molecule has 0 atom stereocenters. The zero-order valence-electron chi connectivity index (χ0n) is 12.5. The minimum Gasteiger partial charge on any atom is -0.396 e. The largest absolute Gasteiger partial charge is 0.396 e. The SMILES string of the molecule is CCCCCCOCCCC.OCCCCCO. The Morgan fingerprint density at radius 1 is 0.611 bits per heavy atom. The Morgan fingerprint density at radius 3 is 1.61 bits per heavy atom. The lowest BCUT2D eigenvalue weighted by molar-refractivity contribution is 0.127. The summed E-state index contributed by atoms with van der Waals surface area (Å²) >= 11 is 0. The zero-order chi connectivity index (χ0) is 13.9. The standard InChI is InChI=1S/C10H22O.C5H12O2/c1-3-5-7-8-10-11-9-6-4-2;6-4-2-1-3-5-7/h3-10H2,1-2H3;6-7H,1-5H2. The van der Waals surface area contributed by atoms with Gasteiger partial charge in [0.05, 0.1) is 0 Å². The molecule has 0 unspecified atom stereocenters. The third kappa shape index (κ3) is 24.9. The Kier molecular flexibility index (Phi) is 24.8. The van der Waals surface area contributed by atoms with Gasteiger partial charge in [0, 0.05) is 26.4 Å². The highest BCUT2D eigenvalue weighted by molar-refractivity contribution is 4.39. The number of rotatable bonds is 12. The molecule has 2 N–H and O–H groups in total. The lowest BCUT2D eigenvalue weighted by Gasteiger charge is -2.01. The summed E-state index contributed by atoms with van der Waals surface area (Å²) in [6.07, 6.45) is 10.3. The van der Waals surface area contributed by atoms with Crippen LogP contribution >= 0.6 is 0 Å². The van der Waals surface area contributed by atoms with Gasteiger partial charge in [-0.05, 0) is 32.1 Å². The Bertz CT molecular complexity index is 106. The van der Waals surface area contributed by atoms with E-state index in [2.05, 4.69) is 13.8 Å². The Balaban J connectivity index is 0. The lowest BCUT2D eigenvalue weighted by Crippen LogP contribution is -1.96. The normalized spacial score (nSPS) is 10.0. The average molecular weight is 262 g/mol. The van der Waals surface area contributed by atoms with Gasteiger partial charge in [0.1, 0.15) is 0 Å². The van der Waals surface area contributed by atoms with Gasteiger partial charge in [0.25, 0.3) is 0 Å². The highest BCUT2D eigenvalue weighted by Crippen LogP contribution is 1.99. The number of aliphatic hydroxyl groups excluding tert-OH is 2. The summed E-state index contributed by atoms with van der Waals surface area (Å²) in [7, 11) is 0. The van der Waals surface area contributed by atoms with Gasteiger partial charge in [-0.15, -0.1) is 0 Å². The van der Waals surface area contributed by atoms with Crippen LogP contribution in [-0.4, -0.2) is 36.6 Å². The van der Waals surface area contributed by atoms with E-state index >= 15 is 0 Å². The van der Waals surface area contributed by atoms with E-state index in [1.807, 2.05) is 0 Å². The second-order valence-electron chi connectivity index (χ2n) is 4.53. The van der Waals surface area contributed by atoms with Crippen molar-refractivity contribution in [3.63, 3.8) is 0 Å². The second kappa shape index (κ2) is 22.1. The van der Waals surface area contributed by atoms with Crippen LogP contribution in [0.3, 0.4) is 0 Å². The molecule has 0 aromatic rings. The minimum absolute atomic E-state index is 0.250. The highest BCUT2D eigenvalue weighted by atomic mass is 16.5. The van der Waals surface area contributed by atoms with E-state index in [9.17, 15) is 0 Å². The molecule has 0 fully saturated rings. The monoisotopic (exact) mass is 262 g/mol. The van der Waals surface area contributed by atoms with Crippen LogP contribution in [0.25, 0.3) is 0 Å². The van der Waals surface area contributed by atoms with E-state index < -0.39 is 0 Å². The lowest BCUT2D eigenvalue weighted by atomic mass is 10.2. The topological polar surface area (TPSA) is 49.7 Å². The fraction of sp³-hybridized carbons (Fsp3) is 1.00. The summed E-state index contributed by atoms with van der Waals surface area (Å²) in [5, 5.41) is 16.4. The van der Waals surface area contributed by atoms with Crippen molar-refractivity contribution >= 4 is 0 Å². The molecule has 0 radical (unpaired) electrons. The molecule has 0 bridgehead atoms. The maximum Gasteiger partial charge on any atom is 0.0466 e. The quantitative estimate of drug-likeness (QED) is 0.529. The first kappa shape index (κ1) is 20.2. The van der Waals surface area contributed by atoms with Crippen molar-refractivity contribution in [3.05, 3.63) is 0 Å². The third-order valence-corrected chi connectivity index (χ3v) is 2.60. The van der Waals surface area contributed by atoms with Gasteiger partial charge in [0.15, 0.2) is 0 Å². The fourth-order valence-electron chi connectivity index (χ4n) is 1.38. The first-order valence-electron chi connectivity index (χ1n) is 7.62. The van der Waals surface area contributed by atoms with Crippen LogP contribution < -0.4 is 0 Å². The maximum atomic E-state index is 8.21. The first-order valence-corrected chi connectivity index (χ1v) is 7.62. The minimum atomic E-state index is 0.250. The van der Waals surface area contributed by atoms with Crippen molar-refractivity contribution in [2.24, 2.45) is 0 Å². The number of aliphatic hydroxyl groups is 2. The number of unbranched alkanes of at least 4 members (excludes halogenated alkanes) is 6. The molecular formula is C15H34O3. The Labute approximate surface area is 114 Å². The molecule has 18 heavy (non-hydrogen) atoms. The van der Waals surface area contributed by atoms with Gasteiger partial charge < -0.3 is 14.9 Å². The van der Waals surface area contributed by atoms with Gasteiger partial charge >= 0.3 is 0 Å². The van der Waals surface area contributed by atoms with E-state index in [4.69, 9.17) is 14.9 Å². The number of hydrogen-bond donors (Lipinski definition) is 2. The van der Waals surface area contributed by atoms with Crippen molar-refractivity contribution in [3.8, 4) is 0 Å². The van der Waals surface area contributed by atoms with Crippen molar-refractivity contribution < 1.29 is 14.9 Å². The summed E-state index contributed by atoms with van der Waals surface area (Å²) in [5.74, 6) is 0.